The number of rotatable bonds is 4. The van der Waals surface area contributed by atoms with Crippen LogP contribution in [0.4, 0.5) is 0 Å². The van der Waals surface area contributed by atoms with E-state index in [1.807, 2.05) is 54.9 Å². The van der Waals surface area contributed by atoms with Gasteiger partial charge in [-0.25, -0.2) is 4.98 Å². The number of ketones is 1. The van der Waals surface area contributed by atoms with E-state index in [1.165, 1.54) is 0 Å². The van der Waals surface area contributed by atoms with Crippen LogP contribution < -0.4 is 0 Å². The topological polar surface area (TPSA) is 42.9 Å². The molecule has 0 aliphatic carbocycles. The molecular weight excluding hydrogens is 280 g/mol. The van der Waals surface area contributed by atoms with Crippen LogP contribution in [0.15, 0.2) is 54.2 Å². The third kappa shape index (κ3) is 3.06. The van der Waals surface area contributed by atoms with Gasteiger partial charge in [-0.05, 0) is 18.6 Å². The van der Waals surface area contributed by atoms with Crippen LogP contribution in [-0.4, -0.2) is 15.8 Å². The van der Waals surface area contributed by atoms with Crippen molar-refractivity contribution in [2.45, 2.75) is 13.3 Å². The minimum atomic E-state index is 0.0962. The van der Waals surface area contributed by atoms with E-state index in [1.54, 1.807) is 17.5 Å². The molecule has 0 fully saturated rings. The molecule has 2 heterocycles. The maximum Gasteiger partial charge on any atom is 0.168 e. The van der Waals surface area contributed by atoms with E-state index in [4.69, 9.17) is 0 Å². The van der Waals surface area contributed by atoms with Crippen molar-refractivity contribution in [1.29, 1.82) is 0 Å². The fourth-order valence-corrected chi connectivity index (χ4v) is 3.03. The Morgan fingerprint density at radius 3 is 2.76 bits per heavy atom. The quantitative estimate of drug-likeness (QED) is 0.684. The van der Waals surface area contributed by atoms with Gasteiger partial charge in [0.1, 0.15) is 5.01 Å². The second-order valence-electron chi connectivity index (χ2n) is 4.80. The number of aromatic nitrogens is 2. The summed E-state index contributed by atoms with van der Waals surface area (Å²) in [5.74, 6) is 0.0962. The highest BCUT2D eigenvalue weighted by atomic mass is 32.1. The van der Waals surface area contributed by atoms with Gasteiger partial charge in [0.05, 0.1) is 12.1 Å². The van der Waals surface area contributed by atoms with E-state index >= 15 is 0 Å². The fourth-order valence-electron chi connectivity index (χ4n) is 2.12. The summed E-state index contributed by atoms with van der Waals surface area (Å²) < 4.78 is 0. The number of carbonyl (C=O) groups is 1. The number of nitrogens with zero attached hydrogens (tertiary/aromatic N) is 2. The van der Waals surface area contributed by atoms with Gasteiger partial charge >= 0.3 is 0 Å². The molecule has 0 aliphatic heterocycles. The molecule has 0 atom stereocenters. The monoisotopic (exact) mass is 294 g/mol. The Bertz CT molecular complexity index is 765. The highest BCUT2D eigenvalue weighted by Gasteiger charge is 2.11. The van der Waals surface area contributed by atoms with Crippen LogP contribution in [0.1, 0.15) is 21.6 Å². The zero-order chi connectivity index (χ0) is 14.7. The number of Topliss-reactive ketones (excluding diaryl/α,β-unsaturated/α-hetero) is 1. The van der Waals surface area contributed by atoms with Gasteiger partial charge < -0.3 is 0 Å². The van der Waals surface area contributed by atoms with Gasteiger partial charge in [-0.3, -0.25) is 9.78 Å². The summed E-state index contributed by atoms with van der Waals surface area (Å²) in [4.78, 5) is 20.8. The average molecular weight is 294 g/mol. The second-order valence-corrected chi connectivity index (χ2v) is 5.66. The predicted octanol–water partition coefficient (Wildman–Crippen LogP) is 3.94. The molecule has 3 nitrogen and oxygen atoms in total. The summed E-state index contributed by atoms with van der Waals surface area (Å²) in [7, 11) is 0. The first-order valence-corrected chi connectivity index (χ1v) is 7.55. The molecule has 104 valence electrons. The maximum atomic E-state index is 12.2. The van der Waals surface area contributed by atoms with Crippen molar-refractivity contribution in [3.8, 4) is 10.6 Å². The molecule has 4 heteroatoms. The van der Waals surface area contributed by atoms with E-state index in [-0.39, 0.29) is 5.78 Å². The Labute approximate surface area is 127 Å². The van der Waals surface area contributed by atoms with E-state index < -0.39 is 0 Å². The van der Waals surface area contributed by atoms with Gasteiger partial charge in [-0.1, -0.05) is 30.3 Å². The van der Waals surface area contributed by atoms with Crippen LogP contribution in [0.5, 0.6) is 0 Å². The predicted molar refractivity (Wildman–Crippen MR) is 84.6 cm³/mol. The van der Waals surface area contributed by atoms with Gasteiger partial charge in [0, 0.05) is 28.9 Å². The molecule has 2 aromatic heterocycles. The minimum Gasteiger partial charge on any atom is -0.294 e. The Hall–Kier alpha value is -2.33. The van der Waals surface area contributed by atoms with Crippen molar-refractivity contribution < 1.29 is 4.79 Å². The highest BCUT2D eigenvalue weighted by Crippen LogP contribution is 2.26. The average Bonchev–Trinajstić information content (AvgIpc) is 2.97. The molecule has 0 bridgehead atoms. The lowest BCUT2D eigenvalue weighted by atomic mass is 10.1. The summed E-state index contributed by atoms with van der Waals surface area (Å²) in [6, 6.07) is 11.3. The van der Waals surface area contributed by atoms with Crippen molar-refractivity contribution in [2.75, 3.05) is 0 Å². The molecule has 0 saturated heterocycles. The normalized spacial score (nSPS) is 10.5. The molecule has 0 saturated carbocycles. The summed E-state index contributed by atoms with van der Waals surface area (Å²) in [5.41, 5.74) is 3.72. The van der Waals surface area contributed by atoms with Crippen molar-refractivity contribution in [1.82, 2.24) is 9.97 Å². The van der Waals surface area contributed by atoms with Gasteiger partial charge in [0.25, 0.3) is 0 Å². The van der Waals surface area contributed by atoms with E-state index in [9.17, 15) is 4.79 Å². The minimum absolute atomic E-state index is 0.0962. The zero-order valence-electron chi connectivity index (χ0n) is 11.6. The molecule has 1 aromatic carbocycles. The summed E-state index contributed by atoms with van der Waals surface area (Å²) in [6.45, 7) is 2.01. The van der Waals surface area contributed by atoms with E-state index in [0.29, 0.717) is 6.42 Å². The maximum absolute atomic E-state index is 12.2. The fraction of sp³-hybridized carbons (Fsp3) is 0.118. The first-order valence-electron chi connectivity index (χ1n) is 6.67. The van der Waals surface area contributed by atoms with Crippen LogP contribution in [-0.2, 0) is 6.42 Å². The van der Waals surface area contributed by atoms with Gasteiger partial charge in [-0.2, -0.15) is 0 Å². The number of hydrogen-bond donors (Lipinski definition) is 0. The molecule has 0 unspecified atom stereocenters. The number of thiazole rings is 1. The van der Waals surface area contributed by atoms with Crippen molar-refractivity contribution >= 4 is 17.1 Å². The van der Waals surface area contributed by atoms with Crippen LogP contribution >= 0.6 is 11.3 Å². The third-order valence-electron chi connectivity index (χ3n) is 3.24. The number of benzene rings is 1. The van der Waals surface area contributed by atoms with E-state index in [2.05, 4.69) is 9.97 Å². The van der Waals surface area contributed by atoms with Gasteiger partial charge in [0.2, 0.25) is 0 Å². The van der Waals surface area contributed by atoms with Crippen LogP contribution in [0, 0.1) is 6.92 Å². The van der Waals surface area contributed by atoms with Crippen LogP contribution in [0.3, 0.4) is 0 Å². The van der Waals surface area contributed by atoms with Crippen molar-refractivity contribution in [2.24, 2.45) is 0 Å². The molecule has 0 aliphatic rings. The SMILES string of the molecule is Cc1cnccc1-c1nc(CC(=O)c2ccccc2)cs1. The number of hydrogen-bond acceptors (Lipinski definition) is 4. The third-order valence-corrected chi connectivity index (χ3v) is 4.16. The van der Waals surface area contributed by atoms with Crippen LogP contribution in [0.25, 0.3) is 10.6 Å². The Balaban J connectivity index is 1.80. The summed E-state index contributed by atoms with van der Waals surface area (Å²) in [6.07, 6.45) is 3.93. The van der Waals surface area contributed by atoms with Crippen molar-refractivity contribution in [3.63, 3.8) is 0 Å². The van der Waals surface area contributed by atoms with E-state index in [0.717, 1.165) is 27.4 Å². The lowest BCUT2D eigenvalue weighted by Gasteiger charge is -2.00. The Morgan fingerprint density at radius 1 is 1.19 bits per heavy atom. The lowest BCUT2D eigenvalue weighted by molar-refractivity contribution is 0.0992. The standard InChI is InChI=1S/C17H14N2OS/c1-12-10-18-8-7-15(12)17-19-14(11-21-17)9-16(20)13-5-3-2-4-6-13/h2-8,10-11H,9H2,1H3. The molecule has 21 heavy (non-hydrogen) atoms. The molecule has 3 aromatic rings. The number of aryl methyl sites for hydroxylation is 1. The molecule has 0 amide bonds. The number of carbonyl (C=O) groups excluding carboxylic acids is 1. The molecule has 0 spiro atoms. The smallest absolute Gasteiger partial charge is 0.168 e. The Kier molecular flexibility index (Phi) is 3.88. The second kappa shape index (κ2) is 5.97. The summed E-state index contributed by atoms with van der Waals surface area (Å²) in [5, 5.41) is 2.89. The highest BCUT2D eigenvalue weighted by molar-refractivity contribution is 7.13. The number of pyridine rings is 1. The molecule has 3 rings (SSSR count). The molecular formula is C17H14N2OS. The lowest BCUT2D eigenvalue weighted by Crippen LogP contribution is -2.03. The Morgan fingerprint density at radius 2 is 2.00 bits per heavy atom. The van der Waals surface area contributed by atoms with Crippen molar-refractivity contribution in [3.05, 3.63) is 71.0 Å². The first kappa shape index (κ1) is 13.6. The largest absolute Gasteiger partial charge is 0.294 e. The first-order chi connectivity index (χ1) is 10.2. The summed E-state index contributed by atoms with van der Waals surface area (Å²) >= 11 is 1.56. The van der Waals surface area contributed by atoms with Gasteiger partial charge in [-0.15, -0.1) is 11.3 Å². The van der Waals surface area contributed by atoms with Crippen LogP contribution in [0.2, 0.25) is 0 Å². The zero-order valence-corrected chi connectivity index (χ0v) is 12.4. The molecule has 0 radical (unpaired) electrons. The van der Waals surface area contributed by atoms with Gasteiger partial charge in [0.15, 0.2) is 5.78 Å². The molecule has 0 N–H and O–H groups in total.